The number of amides is 1. The Morgan fingerprint density at radius 1 is 1.29 bits per heavy atom. The van der Waals surface area contributed by atoms with Crippen LogP contribution in [0.15, 0.2) is 32.9 Å². The molecule has 0 spiro atoms. The number of nitrogens with zero attached hydrogens (tertiary/aromatic N) is 1. The van der Waals surface area contributed by atoms with E-state index < -0.39 is 0 Å². The largest absolute Gasteiger partial charge is 0.483 e. The number of anilines is 1. The lowest BCUT2D eigenvalue weighted by Crippen LogP contribution is -2.20. The number of aryl methyl sites for hydroxylation is 2. The quantitative estimate of drug-likeness (QED) is 0.735. The summed E-state index contributed by atoms with van der Waals surface area (Å²) in [6.07, 6.45) is 1.61. The molecule has 1 amide bonds. The number of aromatic nitrogens is 1. The average Bonchev–Trinajstić information content (AvgIpc) is 3.03. The molecule has 0 bridgehead atoms. The third-order valence-electron chi connectivity index (χ3n) is 3.69. The van der Waals surface area contributed by atoms with Gasteiger partial charge in [0.2, 0.25) is 0 Å². The summed E-state index contributed by atoms with van der Waals surface area (Å²) in [5, 5.41) is 5.67. The maximum atomic E-state index is 12.0. The fourth-order valence-corrected chi connectivity index (χ4v) is 2.93. The van der Waals surface area contributed by atoms with Gasteiger partial charge in [-0.1, -0.05) is 0 Å². The number of ether oxygens (including phenoxy) is 1. The second-order valence-electron chi connectivity index (χ2n) is 5.45. The van der Waals surface area contributed by atoms with Gasteiger partial charge in [0.1, 0.15) is 11.3 Å². The fourth-order valence-electron chi connectivity index (χ4n) is 2.39. The highest BCUT2D eigenvalue weighted by atomic mass is 32.1. The second-order valence-corrected chi connectivity index (χ2v) is 6.34. The molecule has 3 rings (SSSR count). The van der Waals surface area contributed by atoms with Gasteiger partial charge in [-0.2, -0.15) is 0 Å². The topological polar surface area (TPSA) is 81.4 Å². The molecule has 0 aliphatic rings. The number of hydrogen-bond acceptors (Lipinski definition) is 6. The smallest absolute Gasteiger partial charge is 0.339 e. The molecule has 0 aliphatic carbocycles. The van der Waals surface area contributed by atoms with Crippen LogP contribution >= 0.6 is 11.3 Å². The summed E-state index contributed by atoms with van der Waals surface area (Å²) in [5.74, 6) is 0.218. The molecule has 24 heavy (non-hydrogen) atoms. The van der Waals surface area contributed by atoms with Crippen LogP contribution in [0.3, 0.4) is 0 Å². The molecule has 0 saturated heterocycles. The first kappa shape index (κ1) is 16.2. The minimum Gasteiger partial charge on any atom is -0.483 e. The molecule has 0 unspecified atom stereocenters. The number of hydrogen-bond donors (Lipinski definition) is 1. The predicted octanol–water partition coefficient (Wildman–Crippen LogP) is 3.19. The first-order chi connectivity index (χ1) is 11.5. The number of benzene rings is 1. The van der Waals surface area contributed by atoms with Gasteiger partial charge in [-0.3, -0.25) is 10.1 Å². The van der Waals surface area contributed by atoms with Crippen molar-refractivity contribution in [3.05, 3.63) is 50.8 Å². The maximum absolute atomic E-state index is 12.0. The van der Waals surface area contributed by atoms with Gasteiger partial charge in [0.15, 0.2) is 11.7 Å². The molecule has 2 aromatic heterocycles. The van der Waals surface area contributed by atoms with Crippen LogP contribution in [0.1, 0.15) is 16.7 Å². The van der Waals surface area contributed by atoms with Gasteiger partial charge in [0.25, 0.3) is 5.91 Å². The van der Waals surface area contributed by atoms with Crippen molar-refractivity contribution in [2.45, 2.75) is 20.8 Å². The van der Waals surface area contributed by atoms with E-state index in [1.807, 2.05) is 19.9 Å². The van der Waals surface area contributed by atoms with Gasteiger partial charge < -0.3 is 9.15 Å². The Kier molecular flexibility index (Phi) is 4.35. The lowest BCUT2D eigenvalue weighted by molar-refractivity contribution is -0.118. The van der Waals surface area contributed by atoms with E-state index in [1.54, 1.807) is 24.6 Å². The van der Waals surface area contributed by atoms with Gasteiger partial charge in [0.05, 0.1) is 5.39 Å². The molecule has 1 N–H and O–H groups in total. The molecule has 7 heteroatoms. The van der Waals surface area contributed by atoms with Crippen molar-refractivity contribution in [3.63, 3.8) is 0 Å². The highest BCUT2D eigenvalue weighted by molar-refractivity contribution is 7.13. The third kappa shape index (κ3) is 3.16. The molecule has 0 saturated carbocycles. The highest BCUT2D eigenvalue weighted by Gasteiger charge is 2.14. The summed E-state index contributed by atoms with van der Waals surface area (Å²) >= 11 is 1.34. The van der Waals surface area contributed by atoms with Crippen LogP contribution in [0.25, 0.3) is 11.0 Å². The summed E-state index contributed by atoms with van der Waals surface area (Å²) in [4.78, 5) is 27.8. The molecule has 0 atom stereocenters. The Hall–Kier alpha value is -2.67. The number of carbonyl (C=O) groups excluding carboxylic acids is 1. The summed E-state index contributed by atoms with van der Waals surface area (Å²) in [6.45, 7) is 5.26. The number of carbonyl (C=O) groups is 1. The summed E-state index contributed by atoms with van der Waals surface area (Å²) in [7, 11) is 0. The molecule has 0 fully saturated rings. The van der Waals surface area contributed by atoms with Crippen molar-refractivity contribution in [3.8, 4) is 5.75 Å². The Morgan fingerprint density at radius 3 is 2.79 bits per heavy atom. The van der Waals surface area contributed by atoms with Crippen LogP contribution in [-0.4, -0.2) is 17.5 Å². The minimum atomic E-state index is -0.363. The molecule has 6 nitrogen and oxygen atoms in total. The van der Waals surface area contributed by atoms with E-state index in [0.717, 1.165) is 11.1 Å². The Balaban J connectivity index is 1.90. The monoisotopic (exact) mass is 344 g/mol. The molecule has 1 aromatic carbocycles. The average molecular weight is 344 g/mol. The summed E-state index contributed by atoms with van der Waals surface area (Å²) in [5.41, 5.74) is 2.29. The van der Waals surface area contributed by atoms with E-state index >= 15 is 0 Å². The normalized spacial score (nSPS) is 10.8. The first-order valence-corrected chi connectivity index (χ1v) is 8.20. The van der Waals surface area contributed by atoms with E-state index in [0.29, 0.717) is 27.4 Å². The molecular formula is C17H16N2O4S. The van der Waals surface area contributed by atoms with Crippen LogP contribution in [-0.2, 0) is 4.79 Å². The van der Waals surface area contributed by atoms with E-state index in [4.69, 9.17) is 9.15 Å². The van der Waals surface area contributed by atoms with E-state index in [-0.39, 0.29) is 18.1 Å². The van der Waals surface area contributed by atoms with Crippen LogP contribution in [0, 0.1) is 20.8 Å². The summed E-state index contributed by atoms with van der Waals surface area (Å²) < 4.78 is 11.0. The molecule has 3 aromatic rings. The maximum Gasteiger partial charge on any atom is 0.339 e. The molecule has 0 aliphatic heterocycles. The third-order valence-corrected chi connectivity index (χ3v) is 4.38. The first-order valence-electron chi connectivity index (χ1n) is 7.32. The van der Waals surface area contributed by atoms with Crippen LogP contribution < -0.4 is 15.7 Å². The zero-order chi connectivity index (χ0) is 17.3. The Morgan fingerprint density at radius 2 is 2.08 bits per heavy atom. The lowest BCUT2D eigenvalue weighted by atomic mass is 10.0. The van der Waals surface area contributed by atoms with Crippen molar-refractivity contribution < 1.29 is 13.9 Å². The molecule has 2 heterocycles. The van der Waals surface area contributed by atoms with Crippen molar-refractivity contribution in [2.75, 3.05) is 11.9 Å². The summed E-state index contributed by atoms with van der Waals surface area (Å²) in [6, 6.07) is 3.61. The number of fused-ring (bicyclic) bond motifs is 1. The predicted molar refractivity (Wildman–Crippen MR) is 92.9 cm³/mol. The van der Waals surface area contributed by atoms with Crippen LogP contribution in [0.4, 0.5) is 5.13 Å². The van der Waals surface area contributed by atoms with E-state index in [1.165, 1.54) is 11.3 Å². The second kappa shape index (κ2) is 6.45. The number of rotatable bonds is 4. The standard InChI is InChI=1S/C17H16N2O4S/c1-9-6-12(22-8-14(20)19-17-18-4-5-24-17)15-10(2)11(3)16(21)23-13(15)7-9/h4-7H,8H2,1-3H3,(H,18,19,20). The lowest BCUT2D eigenvalue weighted by Gasteiger charge is -2.12. The SMILES string of the molecule is Cc1cc(OCC(=O)Nc2nccs2)c2c(C)c(C)c(=O)oc2c1. The fraction of sp³-hybridized carbons (Fsp3) is 0.235. The van der Waals surface area contributed by atoms with Crippen molar-refractivity contribution >= 4 is 33.3 Å². The van der Waals surface area contributed by atoms with Crippen molar-refractivity contribution in [1.82, 2.24) is 4.98 Å². The zero-order valence-corrected chi connectivity index (χ0v) is 14.3. The van der Waals surface area contributed by atoms with Gasteiger partial charge in [-0.15, -0.1) is 11.3 Å². The van der Waals surface area contributed by atoms with Gasteiger partial charge in [-0.25, -0.2) is 9.78 Å². The minimum absolute atomic E-state index is 0.157. The van der Waals surface area contributed by atoms with Gasteiger partial charge >= 0.3 is 5.63 Å². The van der Waals surface area contributed by atoms with Gasteiger partial charge in [0, 0.05) is 17.1 Å². The van der Waals surface area contributed by atoms with E-state index in [2.05, 4.69) is 10.3 Å². The molecule has 0 radical (unpaired) electrons. The highest BCUT2D eigenvalue weighted by Crippen LogP contribution is 2.30. The van der Waals surface area contributed by atoms with Gasteiger partial charge in [-0.05, 0) is 44.0 Å². The molecular weight excluding hydrogens is 328 g/mol. The zero-order valence-electron chi connectivity index (χ0n) is 13.5. The van der Waals surface area contributed by atoms with Crippen molar-refractivity contribution in [2.24, 2.45) is 0 Å². The van der Waals surface area contributed by atoms with E-state index in [9.17, 15) is 9.59 Å². The van der Waals surface area contributed by atoms with Crippen molar-refractivity contribution in [1.29, 1.82) is 0 Å². The Bertz CT molecular complexity index is 961. The number of thiazole rings is 1. The van der Waals surface area contributed by atoms with Crippen LogP contribution in [0.5, 0.6) is 5.75 Å². The van der Waals surface area contributed by atoms with Crippen LogP contribution in [0.2, 0.25) is 0 Å². The molecule has 124 valence electrons. The number of nitrogens with one attached hydrogen (secondary N) is 1. The Labute approximate surface area is 142 Å².